The van der Waals surface area contributed by atoms with Crippen LogP contribution in [0.25, 0.3) is 21.7 Å². The number of halogens is 3. The highest BCUT2D eigenvalue weighted by molar-refractivity contribution is 8.00. The van der Waals surface area contributed by atoms with E-state index in [4.69, 9.17) is 4.98 Å². The van der Waals surface area contributed by atoms with Crippen LogP contribution < -0.4 is 4.90 Å². The molecule has 1 aliphatic rings. The molecule has 28 heavy (non-hydrogen) atoms. The van der Waals surface area contributed by atoms with Crippen LogP contribution in [0.15, 0.2) is 42.5 Å². The number of amides is 1. The van der Waals surface area contributed by atoms with Crippen molar-refractivity contribution in [2.75, 3.05) is 10.7 Å². The van der Waals surface area contributed by atoms with Gasteiger partial charge in [-0.1, -0.05) is 30.3 Å². The highest BCUT2D eigenvalue weighted by Crippen LogP contribution is 2.47. The smallest absolute Gasteiger partial charge is 0.308 e. The largest absolute Gasteiger partial charge is 0.441 e. The Morgan fingerprint density at radius 3 is 2.46 bits per heavy atom. The van der Waals surface area contributed by atoms with E-state index in [1.54, 1.807) is 11.8 Å². The minimum atomic E-state index is -4.42. The second-order valence-corrected chi connectivity index (χ2v) is 8.55. The van der Waals surface area contributed by atoms with Crippen LogP contribution in [-0.2, 0) is 10.2 Å². The summed E-state index contributed by atoms with van der Waals surface area (Å²) in [5.41, 5.74) is -3.98. The van der Waals surface area contributed by atoms with Gasteiger partial charge in [-0.2, -0.15) is 13.2 Å². The number of para-hydroxylation sites is 1. The topological polar surface area (TPSA) is 33.2 Å². The van der Waals surface area contributed by atoms with Crippen LogP contribution in [0, 0.1) is 0 Å². The zero-order chi connectivity index (χ0) is 20.3. The van der Waals surface area contributed by atoms with Crippen LogP contribution in [0.4, 0.5) is 18.9 Å². The van der Waals surface area contributed by atoms with Gasteiger partial charge >= 0.3 is 5.51 Å². The van der Waals surface area contributed by atoms with Crippen LogP contribution >= 0.6 is 11.8 Å². The Hall–Kier alpha value is -2.28. The van der Waals surface area contributed by atoms with Gasteiger partial charge in [0.2, 0.25) is 5.91 Å². The first-order chi connectivity index (χ1) is 13.1. The second kappa shape index (κ2) is 6.37. The standard InChI is InChI=1S/C21H19F3N2OS/c1-12(2)26-16-10-6-8-14-13-7-4-5-9-15(13)25-18(17(14)16)20(3,19(26)27)11-28-21(22,23)24/h4-10,12H,11H2,1-3H3. The zero-order valence-electron chi connectivity index (χ0n) is 15.7. The van der Waals surface area contributed by atoms with Gasteiger partial charge in [-0.05, 0) is 50.1 Å². The average molecular weight is 404 g/mol. The summed E-state index contributed by atoms with van der Waals surface area (Å²) in [6.07, 6.45) is 0. The Balaban J connectivity index is 2.08. The first-order valence-electron chi connectivity index (χ1n) is 9.00. The molecule has 1 aliphatic heterocycles. The summed E-state index contributed by atoms with van der Waals surface area (Å²) in [7, 11) is 0. The molecule has 1 unspecified atom stereocenters. The SMILES string of the molecule is CC(C)N1C(=O)C(C)(CSC(F)(F)F)c2nc3ccccc3c3cccc1c23. The van der Waals surface area contributed by atoms with Gasteiger partial charge in [-0.25, -0.2) is 0 Å². The van der Waals surface area contributed by atoms with Gasteiger partial charge in [0.25, 0.3) is 0 Å². The summed E-state index contributed by atoms with van der Waals surface area (Å²) in [6.45, 7) is 5.32. The van der Waals surface area contributed by atoms with Gasteiger partial charge in [0.15, 0.2) is 0 Å². The molecule has 1 atom stereocenters. The van der Waals surface area contributed by atoms with Crippen molar-refractivity contribution in [3.05, 3.63) is 48.2 Å². The lowest BCUT2D eigenvalue weighted by Gasteiger charge is -2.42. The molecule has 1 amide bonds. The number of carbonyl (C=O) groups is 1. The van der Waals surface area contributed by atoms with Crippen molar-refractivity contribution in [3.8, 4) is 0 Å². The molecule has 0 saturated heterocycles. The maximum absolute atomic E-state index is 13.4. The lowest BCUT2D eigenvalue weighted by molar-refractivity contribution is -0.123. The van der Waals surface area contributed by atoms with Crippen molar-refractivity contribution in [3.63, 3.8) is 0 Å². The molecule has 7 heteroatoms. The molecule has 146 valence electrons. The first-order valence-corrected chi connectivity index (χ1v) is 9.98. The van der Waals surface area contributed by atoms with E-state index in [-0.39, 0.29) is 23.7 Å². The highest BCUT2D eigenvalue weighted by atomic mass is 32.2. The van der Waals surface area contributed by atoms with E-state index in [1.807, 2.05) is 56.3 Å². The van der Waals surface area contributed by atoms with E-state index in [0.717, 1.165) is 16.2 Å². The normalized spacial score (nSPS) is 19.8. The van der Waals surface area contributed by atoms with Crippen molar-refractivity contribution in [2.45, 2.75) is 37.7 Å². The van der Waals surface area contributed by atoms with Gasteiger partial charge in [-0.15, -0.1) is 0 Å². The molecule has 0 bridgehead atoms. The summed E-state index contributed by atoms with van der Waals surface area (Å²) in [5, 5.41) is 2.59. The molecule has 2 heterocycles. The number of nitrogens with zero attached hydrogens (tertiary/aromatic N) is 2. The molecule has 3 nitrogen and oxygen atoms in total. The lowest BCUT2D eigenvalue weighted by Crippen LogP contribution is -2.53. The summed E-state index contributed by atoms with van der Waals surface area (Å²) in [6, 6.07) is 13.0. The summed E-state index contributed by atoms with van der Waals surface area (Å²) < 4.78 is 39.1. The molecular weight excluding hydrogens is 385 g/mol. The van der Waals surface area contributed by atoms with Crippen molar-refractivity contribution >= 4 is 45.0 Å². The van der Waals surface area contributed by atoms with E-state index in [9.17, 15) is 18.0 Å². The van der Waals surface area contributed by atoms with Crippen LogP contribution in [0.3, 0.4) is 0 Å². The number of hydrogen-bond acceptors (Lipinski definition) is 3. The number of hydrogen-bond donors (Lipinski definition) is 0. The summed E-state index contributed by atoms with van der Waals surface area (Å²) in [5.74, 6) is -0.755. The number of alkyl halides is 3. The van der Waals surface area contributed by atoms with E-state index < -0.39 is 16.7 Å². The minimum absolute atomic E-state index is 0.167. The maximum atomic E-state index is 13.4. The zero-order valence-corrected chi connectivity index (χ0v) is 16.5. The molecule has 0 radical (unpaired) electrons. The molecule has 4 rings (SSSR count). The number of rotatable bonds is 3. The average Bonchev–Trinajstić information content (AvgIpc) is 2.64. The molecule has 0 spiro atoms. The van der Waals surface area contributed by atoms with Gasteiger partial charge < -0.3 is 4.90 Å². The number of aromatic nitrogens is 1. The van der Waals surface area contributed by atoms with E-state index in [1.165, 1.54) is 0 Å². The van der Waals surface area contributed by atoms with Gasteiger partial charge in [0.05, 0.1) is 22.3 Å². The molecule has 0 aliphatic carbocycles. The van der Waals surface area contributed by atoms with Crippen LogP contribution in [0.5, 0.6) is 0 Å². The number of fused-ring (bicyclic) bond motifs is 2. The van der Waals surface area contributed by atoms with E-state index in [0.29, 0.717) is 16.9 Å². The van der Waals surface area contributed by atoms with Crippen molar-refractivity contribution in [1.29, 1.82) is 0 Å². The third kappa shape index (κ3) is 2.83. The van der Waals surface area contributed by atoms with Gasteiger partial charge in [0.1, 0.15) is 0 Å². The van der Waals surface area contributed by atoms with Gasteiger partial charge in [-0.3, -0.25) is 9.78 Å². The molecule has 0 fully saturated rings. The summed E-state index contributed by atoms with van der Waals surface area (Å²) in [4.78, 5) is 19.8. The van der Waals surface area contributed by atoms with Crippen LogP contribution in [0.2, 0.25) is 0 Å². The number of benzene rings is 2. The second-order valence-electron chi connectivity index (χ2n) is 7.51. The number of pyridine rings is 1. The predicted octanol–water partition coefficient (Wildman–Crippen LogP) is 5.65. The Labute approximate surface area is 164 Å². The summed E-state index contributed by atoms with van der Waals surface area (Å²) >= 11 is -0.167. The number of carbonyl (C=O) groups excluding carboxylic acids is 1. The molecule has 3 aromatic rings. The fraction of sp³-hybridized carbons (Fsp3) is 0.333. The molecule has 0 saturated carbocycles. The van der Waals surface area contributed by atoms with Crippen molar-refractivity contribution < 1.29 is 18.0 Å². The molecule has 2 aromatic carbocycles. The number of anilines is 1. The fourth-order valence-corrected chi connectivity index (χ4v) is 4.65. The fourth-order valence-electron chi connectivity index (χ4n) is 3.93. The Morgan fingerprint density at radius 2 is 1.79 bits per heavy atom. The van der Waals surface area contributed by atoms with Crippen molar-refractivity contribution in [2.24, 2.45) is 0 Å². The van der Waals surface area contributed by atoms with Crippen LogP contribution in [0.1, 0.15) is 26.5 Å². The highest BCUT2D eigenvalue weighted by Gasteiger charge is 2.48. The van der Waals surface area contributed by atoms with Crippen molar-refractivity contribution in [1.82, 2.24) is 4.98 Å². The number of thioether (sulfide) groups is 1. The third-order valence-corrected chi connectivity index (χ3v) is 6.27. The quantitative estimate of drug-likeness (QED) is 0.529. The Morgan fingerprint density at radius 1 is 1.11 bits per heavy atom. The first kappa shape index (κ1) is 19.1. The van der Waals surface area contributed by atoms with E-state index >= 15 is 0 Å². The van der Waals surface area contributed by atoms with Crippen LogP contribution in [-0.4, -0.2) is 28.2 Å². The van der Waals surface area contributed by atoms with Gasteiger partial charge in [0, 0.05) is 22.6 Å². The minimum Gasteiger partial charge on any atom is -0.308 e. The molecular formula is C21H19F3N2OS. The Bertz CT molecular complexity index is 1100. The van der Waals surface area contributed by atoms with E-state index in [2.05, 4.69) is 0 Å². The Kier molecular flexibility index (Phi) is 4.34. The lowest BCUT2D eigenvalue weighted by atomic mass is 9.79. The maximum Gasteiger partial charge on any atom is 0.441 e. The molecule has 0 N–H and O–H groups in total. The molecule has 1 aromatic heterocycles. The predicted molar refractivity (Wildman–Crippen MR) is 108 cm³/mol. The third-order valence-electron chi connectivity index (χ3n) is 5.22. The monoisotopic (exact) mass is 404 g/mol.